The van der Waals surface area contributed by atoms with Gasteiger partial charge < -0.3 is 25.5 Å². The van der Waals surface area contributed by atoms with Crippen LogP contribution in [0, 0.1) is 12.7 Å². The molecule has 5 aromatic rings. The van der Waals surface area contributed by atoms with Crippen LogP contribution in [-0.2, 0) is 33.3 Å². The molecule has 2 saturated heterocycles. The smallest absolute Gasteiger partial charge is 0.329 e. The van der Waals surface area contributed by atoms with Crippen molar-refractivity contribution in [3.63, 3.8) is 0 Å². The second-order valence-electron chi connectivity index (χ2n) is 13.1. The number of imidazole rings is 1. The van der Waals surface area contributed by atoms with Gasteiger partial charge in [-0.05, 0) is 84.8 Å². The number of phenolic OH excluding ortho intramolecular Hbond substituents is 1. The maximum Gasteiger partial charge on any atom is 0.329 e. The molecule has 2 aliphatic rings. The van der Waals surface area contributed by atoms with Crippen molar-refractivity contribution in [2.45, 2.75) is 44.7 Å². The van der Waals surface area contributed by atoms with E-state index >= 15 is 4.39 Å². The molecule has 6 N–H and O–H groups in total. The van der Waals surface area contributed by atoms with E-state index in [1.165, 1.54) is 22.8 Å². The minimum Gasteiger partial charge on any atom is -0.506 e. The predicted octanol–water partition coefficient (Wildman–Crippen LogP) is 2.34. The number of rotatable bonds is 7. The summed E-state index contributed by atoms with van der Waals surface area (Å²) in [5, 5.41) is 36.6. The van der Waals surface area contributed by atoms with E-state index in [0.717, 1.165) is 28.6 Å². The summed E-state index contributed by atoms with van der Waals surface area (Å²) in [6.45, 7) is 1.25. The Hall–Kier alpha value is -5.49. The van der Waals surface area contributed by atoms with E-state index in [1.807, 2.05) is 55.3 Å². The molecule has 2 fully saturated rings. The van der Waals surface area contributed by atoms with Crippen LogP contribution in [0.25, 0.3) is 21.8 Å². The monoisotopic (exact) mass is 733 g/mol. The molecule has 0 bridgehead atoms. The van der Waals surface area contributed by atoms with Gasteiger partial charge in [-0.2, -0.15) is 8.42 Å². The Morgan fingerprint density at radius 2 is 1.81 bits per heavy atom. The molecule has 52 heavy (non-hydrogen) atoms. The van der Waals surface area contributed by atoms with Gasteiger partial charge >= 0.3 is 15.9 Å². The van der Waals surface area contributed by atoms with Gasteiger partial charge in [0, 0.05) is 36.5 Å². The van der Waals surface area contributed by atoms with Gasteiger partial charge in [-0.15, -0.1) is 0 Å². The molecule has 3 heterocycles. The number of carbonyl (C=O) groups excluding carboxylic acids is 2. The third-order valence-corrected chi connectivity index (χ3v) is 11.0. The Kier molecular flexibility index (Phi) is 8.69. The average Bonchev–Trinajstić information content (AvgIpc) is 3.49. The molecule has 0 spiro atoms. The Labute approximate surface area is 296 Å². The molecule has 272 valence electrons. The molecule has 1 aromatic heterocycles. The van der Waals surface area contributed by atoms with Crippen molar-refractivity contribution in [3.05, 3.63) is 88.1 Å². The van der Waals surface area contributed by atoms with Gasteiger partial charge in [0.2, 0.25) is 5.91 Å². The van der Waals surface area contributed by atoms with E-state index in [2.05, 4.69) is 10.6 Å². The first kappa shape index (κ1) is 34.9. The number of carbonyl (C=O) groups is 2. The molecule has 0 aliphatic carbocycles. The van der Waals surface area contributed by atoms with Gasteiger partial charge in [0.05, 0.1) is 23.5 Å². The predicted molar refractivity (Wildman–Crippen MR) is 192 cm³/mol. The molecule has 0 radical (unpaired) electrons. The van der Waals surface area contributed by atoms with Crippen molar-refractivity contribution in [2.75, 3.05) is 28.1 Å². The Morgan fingerprint density at radius 1 is 1.04 bits per heavy atom. The number of aryl methyl sites for hydroxylation is 2. The van der Waals surface area contributed by atoms with E-state index in [9.17, 15) is 38.1 Å². The van der Waals surface area contributed by atoms with Gasteiger partial charge in [-0.25, -0.2) is 18.2 Å². The fourth-order valence-corrected chi connectivity index (χ4v) is 8.23. The standard InChI is InChI=1S/C35H36FN7O8S/c1-18-12-19(13-30(46)37-21-5-7-23-20(14-21)15-28(44)33(32(23)36)42-17-31(47)39-52(42,50)51)4-8-24(18)40(2)22-6-9-25-27(16-22)41(3)35(49)43(25)26-10-11-29(45)38-34(26)48/h4-9,12,14-16,26,29,34,38,44-45,48H,10-11,13,17H2,1-3H3,(H,37,46)(H,39,47). The molecule has 17 heteroatoms. The highest BCUT2D eigenvalue weighted by molar-refractivity contribution is 7.92. The first-order chi connectivity index (χ1) is 24.6. The summed E-state index contributed by atoms with van der Waals surface area (Å²) in [6.07, 6.45) is -1.04. The molecule has 2 amide bonds. The number of piperidine rings is 1. The number of nitrogens with zero attached hydrogens (tertiary/aromatic N) is 4. The average molecular weight is 734 g/mol. The third kappa shape index (κ3) is 6.10. The van der Waals surface area contributed by atoms with E-state index in [4.69, 9.17) is 0 Å². The SMILES string of the molecule is Cc1cc(CC(=O)Nc2ccc3c(F)c(N4CC(=O)NS4(=O)=O)c(O)cc3c2)ccc1N(C)c1ccc2c(c1)n(C)c(=O)n2C1CCC(O)NC1O. The van der Waals surface area contributed by atoms with Crippen LogP contribution in [0.1, 0.15) is 30.0 Å². The second-order valence-corrected chi connectivity index (χ2v) is 14.7. The number of aliphatic hydroxyl groups excluding tert-OH is 2. The Balaban J connectivity index is 1.06. The second kappa shape index (κ2) is 12.9. The zero-order valence-electron chi connectivity index (χ0n) is 28.3. The number of fused-ring (bicyclic) bond motifs is 2. The van der Waals surface area contributed by atoms with Gasteiger partial charge in [-0.3, -0.25) is 24.0 Å². The van der Waals surface area contributed by atoms with Gasteiger partial charge in [0.1, 0.15) is 30.4 Å². The number of aliphatic hydroxyl groups is 2. The van der Waals surface area contributed by atoms with E-state index in [1.54, 1.807) is 16.3 Å². The number of benzene rings is 4. The topological polar surface area (TPSA) is 198 Å². The molecule has 0 saturated carbocycles. The lowest BCUT2D eigenvalue weighted by molar-refractivity contribution is -0.117. The van der Waals surface area contributed by atoms with Crippen molar-refractivity contribution >= 4 is 66.6 Å². The van der Waals surface area contributed by atoms with E-state index in [0.29, 0.717) is 33.9 Å². The minimum atomic E-state index is -4.35. The number of nitrogens with one attached hydrogen (secondary N) is 3. The van der Waals surface area contributed by atoms with Crippen LogP contribution in [-0.4, -0.2) is 70.7 Å². The summed E-state index contributed by atoms with van der Waals surface area (Å²) in [7, 11) is -0.781. The van der Waals surface area contributed by atoms with Crippen molar-refractivity contribution in [2.24, 2.45) is 7.05 Å². The lowest BCUT2D eigenvalue weighted by Gasteiger charge is -2.32. The Morgan fingerprint density at radius 3 is 2.50 bits per heavy atom. The van der Waals surface area contributed by atoms with Gasteiger partial charge in [-0.1, -0.05) is 12.1 Å². The first-order valence-corrected chi connectivity index (χ1v) is 17.8. The number of aromatic nitrogens is 2. The van der Waals surface area contributed by atoms with Gasteiger partial charge in [0.25, 0.3) is 5.91 Å². The maximum absolute atomic E-state index is 15.4. The fourth-order valence-electron chi connectivity index (χ4n) is 7.06. The highest BCUT2D eigenvalue weighted by Crippen LogP contribution is 2.39. The van der Waals surface area contributed by atoms with E-state index in [-0.39, 0.29) is 28.8 Å². The number of anilines is 4. The fraction of sp³-hybridized carbons (Fsp3) is 0.286. The molecule has 15 nitrogen and oxygen atoms in total. The van der Waals surface area contributed by atoms with Crippen molar-refractivity contribution < 1.29 is 37.7 Å². The third-order valence-electron chi connectivity index (χ3n) is 9.63. The van der Waals surface area contributed by atoms with Crippen molar-refractivity contribution in [1.82, 2.24) is 19.2 Å². The summed E-state index contributed by atoms with van der Waals surface area (Å²) >= 11 is 0. The van der Waals surface area contributed by atoms with Crippen molar-refractivity contribution in [1.29, 1.82) is 0 Å². The summed E-state index contributed by atoms with van der Waals surface area (Å²) < 4.78 is 45.2. The van der Waals surface area contributed by atoms with Crippen LogP contribution in [0.3, 0.4) is 0 Å². The largest absolute Gasteiger partial charge is 0.506 e. The van der Waals surface area contributed by atoms with Gasteiger partial charge in [0.15, 0.2) is 5.82 Å². The minimum absolute atomic E-state index is 0.0179. The summed E-state index contributed by atoms with van der Waals surface area (Å²) in [6, 6.07) is 16.1. The number of hydrogen-bond donors (Lipinski definition) is 6. The first-order valence-electron chi connectivity index (χ1n) is 16.4. The Bertz CT molecular complexity index is 2470. The number of phenols is 1. The molecule has 3 atom stereocenters. The zero-order chi connectivity index (χ0) is 37.2. The summed E-state index contributed by atoms with van der Waals surface area (Å²) in [5.41, 5.74) is 4.05. The molecular formula is C35H36FN7O8S. The van der Waals surface area contributed by atoms with Crippen LogP contribution in [0.2, 0.25) is 0 Å². The number of halogens is 1. The maximum atomic E-state index is 15.4. The van der Waals surface area contributed by atoms with Crippen LogP contribution >= 0.6 is 0 Å². The van der Waals surface area contributed by atoms with Crippen LogP contribution in [0.4, 0.5) is 27.1 Å². The summed E-state index contributed by atoms with van der Waals surface area (Å²) in [5.74, 6) is -2.92. The van der Waals surface area contributed by atoms with Crippen LogP contribution in [0.5, 0.6) is 5.75 Å². The highest BCUT2D eigenvalue weighted by atomic mass is 32.2. The molecule has 2 aliphatic heterocycles. The molecule has 4 aromatic carbocycles. The van der Waals surface area contributed by atoms with Crippen LogP contribution in [0.15, 0.2) is 65.5 Å². The lowest BCUT2D eigenvalue weighted by Crippen LogP contribution is -2.49. The van der Waals surface area contributed by atoms with Crippen molar-refractivity contribution in [3.8, 4) is 5.75 Å². The number of aromatic hydroxyl groups is 1. The number of hydrogen-bond acceptors (Lipinski definition) is 10. The van der Waals surface area contributed by atoms with Crippen LogP contribution < -0.4 is 30.3 Å². The van der Waals surface area contributed by atoms with E-state index < -0.39 is 58.4 Å². The lowest BCUT2D eigenvalue weighted by atomic mass is 10.0. The normalized spacial score (nSPS) is 20.0. The highest BCUT2D eigenvalue weighted by Gasteiger charge is 2.38. The summed E-state index contributed by atoms with van der Waals surface area (Å²) in [4.78, 5) is 39.9. The quantitative estimate of drug-likeness (QED) is 0.144. The molecular weight excluding hydrogens is 697 g/mol. The molecule has 7 rings (SSSR count). The number of amides is 2. The zero-order valence-corrected chi connectivity index (χ0v) is 29.1. The molecule has 3 unspecified atom stereocenters.